The zero-order chi connectivity index (χ0) is 14.7. The minimum Gasteiger partial charge on any atom is -0.468 e. The third-order valence-corrected chi connectivity index (χ3v) is 3.19. The summed E-state index contributed by atoms with van der Waals surface area (Å²) in [6.45, 7) is -0.0941. The van der Waals surface area contributed by atoms with E-state index in [-0.39, 0.29) is 18.4 Å². The summed E-state index contributed by atoms with van der Waals surface area (Å²) in [5.41, 5.74) is 2.17. The Morgan fingerprint density at radius 3 is 2.80 bits per heavy atom. The van der Waals surface area contributed by atoms with Gasteiger partial charge in [0, 0.05) is 24.7 Å². The van der Waals surface area contributed by atoms with Gasteiger partial charge in [0.05, 0.1) is 7.11 Å². The summed E-state index contributed by atoms with van der Waals surface area (Å²) in [4.78, 5) is 35.9. The molecule has 0 unspecified atom stereocenters. The SMILES string of the molecule is COC(=O)CN(C)C(=O)c1ccc2c(c1)CCC(=O)N2. The fraction of sp³-hybridized carbons (Fsp3) is 0.357. The highest BCUT2D eigenvalue weighted by molar-refractivity contribution is 5.98. The molecule has 0 fully saturated rings. The van der Waals surface area contributed by atoms with Gasteiger partial charge in [-0.1, -0.05) is 0 Å². The maximum atomic E-state index is 12.2. The van der Waals surface area contributed by atoms with E-state index in [0.717, 1.165) is 11.3 Å². The van der Waals surface area contributed by atoms with Crippen molar-refractivity contribution in [1.29, 1.82) is 0 Å². The first-order valence-electron chi connectivity index (χ1n) is 6.26. The summed E-state index contributed by atoms with van der Waals surface area (Å²) in [5, 5.41) is 2.76. The lowest BCUT2D eigenvalue weighted by molar-refractivity contribution is -0.141. The van der Waals surface area contributed by atoms with Gasteiger partial charge in [0.25, 0.3) is 5.91 Å². The zero-order valence-electron chi connectivity index (χ0n) is 11.4. The lowest BCUT2D eigenvalue weighted by atomic mass is 10.00. The molecule has 0 saturated carbocycles. The van der Waals surface area contributed by atoms with E-state index in [4.69, 9.17) is 0 Å². The second-order valence-electron chi connectivity index (χ2n) is 4.66. The first kappa shape index (κ1) is 14.0. The fourth-order valence-electron chi connectivity index (χ4n) is 2.07. The van der Waals surface area contributed by atoms with Crippen molar-refractivity contribution in [3.05, 3.63) is 29.3 Å². The van der Waals surface area contributed by atoms with Gasteiger partial charge in [0.15, 0.2) is 0 Å². The van der Waals surface area contributed by atoms with E-state index in [9.17, 15) is 14.4 Å². The number of likely N-dealkylation sites (N-methyl/N-ethyl adjacent to an activating group) is 1. The number of nitrogens with one attached hydrogen (secondary N) is 1. The van der Waals surface area contributed by atoms with Gasteiger partial charge in [0.1, 0.15) is 6.54 Å². The number of carbonyl (C=O) groups excluding carboxylic acids is 3. The molecule has 6 nitrogen and oxygen atoms in total. The molecule has 1 aromatic carbocycles. The van der Waals surface area contributed by atoms with E-state index in [2.05, 4.69) is 10.1 Å². The maximum Gasteiger partial charge on any atom is 0.325 e. The molecular formula is C14H16N2O4. The number of aryl methyl sites for hydroxylation is 1. The van der Waals surface area contributed by atoms with Crippen LogP contribution in [0.1, 0.15) is 22.3 Å². The van der Waals surface area contributed by atoms with E-state index >= 15 is 0 Å². The molecule has 1 aliphatic heterocycles. The van der Waals surface area contributed by atoms with Gasteiger partial charge in [-0.25, -0.2) is 0 Å². The van der Waals surface area contributed by atoms with E-state index in [0.29, 0.717) is 18.4 Å². The lowest BCUT2D eigenvalue weighted by Gasteiger charge is -2.19. The largest absolute Gasteiger partial charge is 0.468 e. The first-order valence-corrected chi connectivity index (χ1v) is 6.26. The van der Waals surface area contributed by atoms with Crippen molar-refractivity contribution >= 4 is 23.5 Å². The minimum atomic E-state index is -0.467. The molecule has 0 bridgehead atoms. The Bertz CT molecular complexity index is 568. The highest BCUT2D eigenvalue weighted by Gasteiger charge is 2.19. The number of benzene rings is 1. The molecule has 0 saturated heterocycles. The quantitative estimate of drug-likeness (QED) is 0.829. The molecule has 0 radical (unpaired) electrons. The van der Waals surface area contributed by atoms with E-state index in [1.807, 2.05) is 0 Å². The molecule has 1 aliphatic rings. The number of rotatable bonds is 3. The first-order chi connectivity index (χ1) is 9.51. The molecule has 0 aliphatic carbocycles. The Kier molecular flexibility index (Phi) is 4.02. The van der Waals surface area contributed by atoms with Crippen molar-refractivity contribution in [2.24, 2.45) is 0 Å². The van der Waals surface area contributed by atoms with E-state index in [1.54, 1.807) is 25.2 Å². The Morgan fingerprint density at radius 1 is 1.35 bits per heavy atom. The Hall–Kier alpha value is -2.37. The summed E-state index contributed by atoms with van der Waals surface area (Å²) in [7, 11) is 2.82. The van der Waals surface area contributed by atoms with Crippen molar-refractivity contribution in [1.82, 2.24) is 4.90 Å². The van der Waals surface area contributed by atoms with Crippen LogP contribution in [0.3, 0.4) is 0 Å². The number of ether oxygens (including phenoxy) is 1. The van der Waals surface area contributed by atoms with Crippen LogP contribution >= 0.6 is 0 Å². The monoisotopic (exact) mass is 276 g/mol. The predicted molar refractivity (Wildman–Crippen MR) is 72.4 cm³/mol. The smallest absolute Gasteiger partial charge is 0.325 e. The normalized spacial score (nSPS) is 13.2. The van der Waals surface area contributed by atoms with Crippen LogP contribution in [0.15, 0.2) is 18.2 Å². The van der Waals surface area contributed by atoms with Gasteiger partial charge in [-0.2, -0.15) is 0 Å². The molecule has 2 amide bonds. The van der Waals surface area contributed by atoms with Crippen molar-refractivity contribution in [2.45, 2.75) is 12.8 Å². The van der Waals surface area contributed by atoms with Crippen LogP contribution in [0.25, 0.3) is 0 Å². The van der Waals surface area contributed by atoms with Crippen molar-refractivity contribution in [3.8, 4) is 0 Å². The number of amides is 2. The second kappa shape index (κ2) is 5.73. The number of esters is 1. The Balaban J connectivity index is 2.15. The number of anilines is 1. The molecule has 0 spiro atoms. The Labute approximate surface area is 116 Å². The molecule has 1 N–H and O–H groups in total. The van der Waals surface area contributed by atoms with Gasteiger partial charge in [-0.05, 0) is 30.2 Å². The van der Waals surface area contributed by atoms with Crippen LogP contribution in [0.5, 0.6) is 0 Å². The standard InChI is InChI=1S/C14H16N2O4/c1-16(8-13(18)20-2)14(19)10-3-5-11-9(7-10)4-6-12(17)15-11/h3,5,7H,4,6,8H2,1-2H3,(H,15,17). The molecule has 2 rings (SSSR count). The number of nitrogens with zero attached hydrogens (tertiary/aromatic N) is 1. The van der Waals surface area contributed by atoms with Crippen LogP contribution in [-0.4, -0.2) is 43.4 Å². The summed E-state index contributed by atoms with van der Waals surface area (Å²) in [6, 6.07) is 5.11. The third kappa shape index (κ3) is 2.96. The molecule has 0 aromatic heterocycles. The second-order valence-corrected chi connectivity index (χ2v) is 4.66. The van der Waals surface area contributed by atoms with Crippen LogP contribution in [0.4, 0.5) is 5.69 Å². The third-order valence-electron chi connectivity index (χ3n) is 3.19. The number of fused-ring (bicyclic) bond motifs is 1. The number of carbonyl (C=O) groups is 3. The van der Waals surface area contributed by atoms with Crippen LogP contribution < -0.4 is 5.32 Å². The topological polar surface area (TPSA) is 75.7 Å². The van der Waals surface area contributed by atoms with Gasteiger partial charge >= 0.3 is 5.97 Å². The molecule has 6 heteroatoms. The lowest BCUT2D eigenvalue weighted by Crippen LogP contribution is -2.32. The number of hydrogen-bond donors (Lipinski definition) is 1. The van der Waals surface area contributed by atoms with E-state index < -0.39 is 5.97 Å². The average molecular weight is 276 g/mol. The minimum absolute atomic E-state index is 0.0145. The highest BCUT2D eigenvalue weighted by Crippen LogP contribution is 2.24. The summed E-state index contributed by atoms with van der Waals surface area (Å²) >= 11 is 0. The van der Waals surface area contributed by atoms with Gasteiger partial charge in [-0.3, -0.25) is 14.4 Å². The molecule has 20 heavy (non-hydrogen) atoms. The summed E-state index contributed by atoms with van der Waals surface area (Å²) < 4.78 is 4.53. The van der Waals surface area contributed by atoms with Crippen molar-refractivity contribution in [2.75, 3.05) is 26.0 Å². The Morgan fingerprint density at radius 2 is 2.10 bits per heavy atom. The van der Waals surface area contributed by atoms with Gasteiger partial charge in [0.2, 0.25) is 5.91 Å². The van der Waals surface area contributed by atoms with Crippen LogP contribution in [0, 0.1) is 0 Å². The number of hydrogen-bond acceptors (Lipinski definition) is 4. The summed E-state index contributed by atoms with van der Waals surface area (Å²) in [5.74, 6) is -0.736. The van der Waals surface area contributed by atoms with E-state index in [1.165, 1.54) is 12.0 Å². The predicted octanol–water partition coefficient (Wildman–Crippen LogP) is 0.816. The summed E-state index contributed by atoms with van der Waals surface area (Å²) in [6.07, 6.45) is 1.03. The van der Waals surface area contributed by atoms with Gasteiger partial charge in [-0.15, -0.1) is 0 Å². The molecule has 1 aromatic rings. The highest BCUT2D eigenvalue weighted by atomic mass is 16.5. The van der Waals surface area contributed by atoms with Crippen LogP contribution in [-0.2, 0) is 20.7 Å². The molecule has 1 heterocycles. The average Bonchev–Trinajstić information content (AvgIpc) is 2.45. The van der Waals surface area contributed by atoms with Crippen molar-refractivity contribution in [3.63, 3.8) is 0 Å². The molecule has 0 atom stereocenters. The molecular weight excluding hydrogens is 260 g/mol. The maximum absolute atomic E-state index is 12.2. The van der Waals surface area contributed by atoms with Crippen molar-refractivity contribution < 1.29 is 19.1 Å². The zero-order valence-corrected chi connectivity index (χ0v) is 11.4. The van der Waals surface area contributed by atoms with Crippen LogP contribution in [0.2, 0.25) is 0 Å². The van der Waals surface area contributed by atoms with Gasteiger partial charge < -0.3 is 15.0 Å². The fourth-order valence-corrected chi connectivity index (χ4v) is 2.07. The number of methoxy groups -OCH3 is 1. The molecule has 106 valence electrons.